The van der Waals surface area contributed by atoms with Crippen LogP contribution in [0.2, 0.25) is 0 Å². The SMILES string of the molecule is CC[C@H]1[C@@H](O)C2C3CCC([C@H](C)C[C@H](F)C(=O)O)[C@@]3(C)[C@@H](O)CC2[C@@]2(C)CC[C@@H](O)C[C@@H]12. The summed E-state index contributed by atoms with van der Waals surface area (Å²) in [5.41, 5.74) is -0.432. The minimum Gasteiger partial charge on any atom is -0.479 e. The van der Waals surface area contributed by atoms with Gasteiger partial charge in [0.05, 0.1) is 18.3 Å². The molecule has 4 aliphatic carbocycles. The molecule has 184 valence electrons. The van der Waals surface area contributed by atoms with Crippen molar-refractivity contribution in [3.8, 4) is 0 Å². The molecule has 5 nitrogen and oxygen atoms in total. The molecule has 32 heavy (non-hydrogen) atoms. The predicted octanol–water partition coefficient (Wildman–Crippen LogP) is 4.03. The lowest BCUT2D eigenvalue weighted by atomic mass is 9.41. The van der Waals surface area contributed by atoms with Crippen molar-refractivity contribution in [3.05, 3.63) is 0 Å². The average molecular weight is 455 g/mol. The number of carbonyl (C=O) groups is 1. The molecule has 0 aromatic heterocycles. The van der Waals surface area contributed by atoms with E-state index in [9.17, 15) is 24.5 Å². The Morgan fingerprint density at radius 3 is 2.38 bits per heavy atom. The third-order valence-electron chi connectivity index (χ3n) is 11.1. The first-order valence-corrected chi connectivity index (χ1v) is 12.9. The fourth-order valence-electron chi connectivity index (χ4n) is 9.48. The molecule has 0 aromatic rings. The summed E-state index contributed by atoms with van der Waals surface area (Å²) in [4.78, 5) is 11.1. The Morgan fingerprint density at radius 1 is 1.06 bits per heavy atom. The summed E-state index contributed by atoms with van der Waals surface area (Å²) < 4.78 is 14.0. The van der Waals surface area contributed by atoms with Gasteiger partial charge in [-0.05, 0) is 97.2 Å². The Hall–Kier alpha value is -0.720. The third-order valence-corrected chi connectivity index (χ3v) is 11.1. The van der Waals surface area contributed by atoms with Gasteiger partial charge in [-0.15, -0.1) is 0 Å². The van der Waals surface area contributed by atoms with E-state index in [2.05, 4.69) is 20.8 Å². The minimum absolute atomic E-state index is 0.00313. The van der Waals surface area contributed by atoms with Crippen molar-refractivity contribution in [2.75, 3.05) is 0 Å². The van der Waals surface area contributed by atoms with Gasteiger partial charge >= 0.3 is 5.97 Å². The average Bonchev–Trinajstić information content (AvgIpc) is 3.09. The maximum absolute atomic E-state index is 14.0. The van der Waals surface area contributed by atoms with Gasteiger partial charge in [0.15, 0.2) is 6.17 Å². The molecule has 4 rings (SSSR count). The molecule has 0 amide bonds. The zero-order valence-corrected chi connectivity index (χ0v) is 20.1. The second-order valence-corrected chi connectivity index (χ2v) is 12.2. The number of rotatable bonds is 5. The number of carboxylic acid groups (broad SMARTS) is 1. The van der Waals surface area contributed by atoms with E-state index in [1.54, 1.807) is 0 Å². The molecule has 0 saturated heterocycles. The van der Waals surface area contributed by atoms with Crippen molar-refractivity contribution in [1.29, 1.82) is 0 Å². The van der Waals surface area contributed by atoms with Crippen LogP contribution in [-0.2, 0) is 4.79 Å². The number of hydrogen-bond acceptors (Lipinski definition) is 4. The molecule has 0 aromatic carbocycles. The smallest absolute Gasteiger partial charge is 0.338 e. The van der Waals surface area contributed by atoms with Crippen LogP contribution in [0, 0.1) is 52.3 Å². The predicted molar refractivity (Wildman–Crippen MR) is 119 cm³/mol. The third kappa shape index (κ3) is 3.46. The van der Waals surface area contributed by atoms with E-state index in [1.165, 1.54) is 0 Å². The van der Waals surface area contributed by atoms with Crippen LogP contribution in [0.1, 0.15) is 79.1 Å². The van der Waals surface area contributed by atoms with Crippen LogP contribution < -0.4 is 0 Å². The molecule has 0 spiro atoms. The lowest BCUT2D eigenvalue weighted by molar-refractivity contribution is -0.228. The fourth-order valence-corrected chi connectivity index (χ4v) is 9.48. The molecule has 4 fully saturated rings. The largest absolute Gasteiger partial charge is 0.479 e. The lowest BCUT2D eigenvalue weighted by Gasteiger charge is -2.65. The summed E-state index contributed by atoms with van der Waals surface area (Å²) >= 11 is 0. The summed E-state index contributed by atoms with van der Waals surface area (Å²) in [5, 5.41) is 42.7. The zero-order chi connectivity index (χ0) is 23.6. The van der Waals surface area contributed by atoms with Crippen molar-refractivity contribution >= 4 is 5.97 Å². The second-order valence-electron chi connectivity index (χ2n) is 12.2. The van der Waals surface area contributed by atoms with Crippen LogP contribution in [0.25, 0.3) is 0 Å². The normalized spacial score (nSPS) is 52.4. The summed E-state index contributed by atoms with van der Waals surface area (Å²) in [5.74, 6) is -0.619. The first kappa shape index (κ1) is 24.4. The van der Waals surface area contributed by atoms with Crippen molar-refractivity contribution < 1.29 is 29.6 Å². The summed E-state index contributed by atoms with van der Waals surface area (Å²) in [7, 11) is 0. The van der Waals surface area contributed by atoms with Gasteiger partial charge in [-0.3, -0.25) is 0 Å². The van der Waals surface area contributed by atoms with Gasteiger partial charge < -0.3 is 20.4 Å². The molecule has 0 heterocycles. The zero-order valence-electron chi connectivity index (χ0n) is 20.1. The van der Waals surface area contributed by atoms with Gasteiger partial charge in [-0.2, -0.15) is 0 Å². The van der Waals surface area contributed by atoms with E-state index in [0.29, 0.717) is 6.42 Å². The van der Waals surface area contributed by atoms with Gasteiger partial charge in [0.2, 0.25) is 0 Å². The molecule has 4 unspecified atom stereocenters. The van der Waals surface area contributed by atoms with Crippen LogP contribution in [0.15, 0.2) is 0 Å². The Morgan fingerprint density at radius 2 is 1.75 bits per heavy atom. The Balaban J connectivity index is 1.66. The molecule has 6 heteroatoms. The van der Waals surface area contributed by atoms with Crippen molar-refractivity contribution in [2.45, 2.75) is 104 Å². The van der Waals surface area contributed by atoms with Crippen molar-refractivity contribution in [2.24, 2.45) is 52.3 Å². The molecule has 4 aliphatic rings. The van der Waals surface area contributed by atoms with E-state index >= 15 is 0 Å². The van der Waals surface area contributed by atoms with E-state index in [4.69, 9.17) is 5.11 Å². The van der Waals surface area contributed by atoms with E-state index in [-0.39, 0.29) is 59.4 Å². The molecule has 13 atom stereocenters. The second kappa shape index (κ2) is 8.49. The lowest BCUT2D eigenvalue weighted by Crippen LogP contribution is -2.65. The number of carboxylic acids is 1. The first-order valence-electron chi connectivity index (χ1n) is 12.9. The van der Waals surface area contributed by atoms with Gasteiger partial charge in [0.1, 0.15) is 0 Å². The van der Waals surface area contributed by atoms with E-state index < -0.39 is 29.8 Å². The number of aliphatic hydroxyl groups excluding tert-OH is 3. The standard InChI is InChI=1S/C26H43FO5/c1-5-15-18-11-14(28)8-9-25(18,3)19-12-21(29)26(4)16(13(2)10-20(27)24(31)32)6-7-17(26)22(19)23(15)30/h13-23,28-30H,5-12H2,1-4H3,(H,31,32)/t13-,14-,15-,16?,17?,18+,19?,20+,21+,22?,23-,25+,26-/m1/s1. The highest BCUT2D eigenvalue weighted by molar-refractivity contribution is 5.72. The van der Waals surface area contributed by atoms with Crippen molar-refractivity contribution in [3.63, 3.8) is 0 Å². The first-order chi connectivity index (χ1) is 15.0. The van der Waals surface area contributed by atoms with Crippen LogP contribution in [0.4, 0.5) is 4.39 Å². The van der Waals surface area contributed by atoms with Crippen LogP contribution >= 0.6 is 0 Å². The monoisotopic (exact) mass is 454 g/mol. The number of alkyl halides is 1. The number of hydrogen-bond donors (Lipinski definition) is 4. The van der Waals surface area contributed by atoms with Gasteiger partial charge in [0, 0.05) is 0 Å². The van der Waals surface area contributed by atoms with Crippen LogP contribution in [0.3, 0.4) is 0 Å². The highest BCUT2D eigenvalue weighted by Gasteiger charge is 2.67. The number of fused-ring (bicyclic) bond motifs is 5. The topological polar surface area (TPSA) is 98.0 Å². The molecule has 4 saturated carbocycles. The van der Waals surface area contributed by atoms with Gasteiger partial charge in [-0.1, -0.05) is 34.1 Å². The molecule has 0 bridgehead atoms. The van der Waals surface area contributed by atoms with Crippen LogP contribution in [0.5, 0.6) is 0 Å². The Bertz CT molecular complexity index is 716. The van der Waals surface area contributed by atoms with E-state index in [1.807, 2.05) is 6.92 Å². The molecular weight excluding hydrogens is 411 g/mol. The summed E-state index contributed by atoms with van der Waals surface area (Å²) in [6, 6.07) is 0. The number of aliphatic carboxylic acids is 1. The molecule has 4 N–H and O–H groups in total. The van der Waals surface area contributed by atoms with Gasteiger partial charge in [0.25, 0.3) is 0 Å². The Kier molecular flexibility index (Phi) is 6.48. The number of aliphatic hydroxyl groups is 3. The quantitative estimate of drug-likeness (QED) is 0.503. The number of halogens is 1. The maximum atomic E-state index is 14.0. The maximum Gasteiger partial charge on any atom is 0.338 e. The minimum atomic E-state index is -1.88. The Labute approximate surface area is 191 Å². The fraction of sp³-hybridized carbons (Fsp3) is 0.962. The molecular formula is C26H43FO5. The van der Waals surface area contributed by atoms with Gasteiger partial charge in [-0.25, -0.2) is 9.18 Å². The molecule has 0 aliphatic heterocycles. The van der Waals surface area contributed by atoms with E-state index in [0.717, 1.165) is 38.5 Å². The highest BCUT2D eigenvalue weighted by Crippen LogP contribution is 2.69. The van der Waals surface area contributed by atoms with Crippen LogP contribution in [-0.4, -0.2) is 50.9 Å². The van der Waals surface area contributed by atoms with Crippen molar-refractivity contribution in [1.82, 2.24) is 0 Å². The summed E-state index contributed by atoms with van der Waals surface area (Å²) in [6.07, 6.45) is 2.51. The summed E-state index contributed by atoms with van der Waals surface area (Å²) in [6.45, 7) is 8.52. The molecule has 0 radical (unpaired) electrons. The highest BCUT2D eigenvalue weighted by atomic mass is 19.1.